The van der Waals surface area contributed by atoms with Gasteiger partial charge in [0.05, 0.1) is 10.6 Å². The maximum Gasteiger partial charge on any atom is 0.252 e. The average Bonchev–Trinajstić information content (AvgIpc) is 2.90. The second kappa shape index (κ2) is 11.1. The molecule has 10 heteroatoms. The fourth-order valence-electron chi connectivity index (χ4n) is 4.90. The number of aromatic amines is 1. The van der Waals surface area contributed by atoms with Crippen molar-refractivity contribution >= 4 is 16.0 Å². The summed E-state index contributed by atoms with van der Waals surface area (Å²) >= 11 is 0. The Labute approximate surface area is 218 Å². The van der Waals surface area contributed by atoms with Gasteiger partial charge >= 0.3 is 0 Å². The number of rotatable bonds is 7. The summed E-state index contributed by atoms with van der Waals surface area (Å²) in [6.45, 7) is 8.92. The van der Waals surface area contributed by atoms with Gasteiger partial charge in [-0.1, -0.05) is 48.0 Å². The normalized spacial score (nSPS) is 18.2. The van der Waals surface area contributed by atoms with E-state index in [1.165, 1.54) is 9.87 Å². The van der Waals surface area contributed by atoms with Crippen molar-refractivity contribution < 1.29 is 8.42 Å². The quantitative estimate of drug-likeness (QED) is 0.507. The number of H-pyrrole nitrogens is 1. The zero-order valence-electron chi connectivity index (χ0n) is 21.2. The van der Waals surface area contributed by atoms with Crippen molar-refractivity contribution in [3.05, 3.63) is 87.8 Å². The van der Waals surface area contributed by atoms with Gasteiger partial charge in [0.15, 0.2) is 0 Å². The van der Waals surface area contributed by atoms with Crippen LogP contribution in [-0.2, 0) is 23.1 Å². The Bertz CT molecular complexity index is 1340. The van der Waals surface area contributed by atoms with Crippen LogP contribution in [0.2, 0.25) is 0 Å². The molecule has 2 aliphatic rings. The highest BCUT2D eigenvalue weighted by Crippen LogP contribution is 2.20. The summed E-state index contributed by atoms with van der Waals surface area (Å²) in [7, 11) is -3.54. The van der Waals surface area contributed by atoms with Gasteiger partial charge in [-0.25, -0.2) is 13.4 Å². The monoisotopic (exact) mass is 522 g/mol. The van der Waals surface area contributed by atoms with Crippen molar-refractivity contribution in [2.24, 2.45) is 0 Å². The van der Waals surface area contributed by atoms with E-state index in [0.29, 0.717) is 43.6 Å². The number of aryl methyl sites for hydroxylation is 1. The lowest BCUT2D eigenvalue weighted by atomic mass is 10.2. The van der Waals surface area contributed by atoms with Gasteiger partial charge in [0, 0.05) is 71.5 Å². The molecule has 0 aliphatic carbocycles. The fraction of sp³-hybridized carbons (Fsp3) is 0.407. The standard InChI is InChI=1S/C27H34N6O3S/c1-22-7-9-25(10-8-22)37(35,36)33-17-15-32(16-18-33)27-28-24(19-26(34)29-27)21-31-13-11-30(12-14-31)20-23-5-3-2-4-6-23/h2-10,19H,11-18,20-21H2,1H3,(H,28,29,34). The van der Waals surface area contributed by atoms with E-state index in [9.17, 15) is 13.2 Å². The number of hydrogen-bond donors (Lipinski definition) is 1. The first-order valence-electron chi connectivity index (χ1n) is 12.8. The first-order valence-corrected chi connectivity index (χ1v) is 14.2. The molecule has 0 amide bonds. The molecule has 9 nitrogen and oxygen atoms in total. The van der Waals surface area contributed by atoms with E-state index in [0.717, 1.165) is 44.0 Å². The summed E-state index contributed by atoms with van der Waals surface area (Å²) in [5.74, 6) is 0.512. The van der Waals surface area contributed by atoms with Crippen molar-refractivity contribution in [3.8, 4) is 0 Å². The van der Waals surface area contributed by atoms with Crippen LogP contribution < -0.4 is 10.5 Å². The fourth-order valence-corrected chi connectivity index (χ4v) is 6.32. The van der Waals surface area contributed by atoms with Crippen LogP contribution in [0.15, 0.2) is 70.4 Å². The molecular weight excluding hydrogens is 488 g/mol. The van der Waals surface area contributed by atoms with E-state index in [2.05, 4.69) is 39.0 Å². The third-order valence-electron chi connectivity index (χ3n) is 7.08. The molecule has 3 aromatic rings. The van der Waals surface area contributed by atoms with E-state index in [1.54, 1.807) is 18.2 Å². The van der Waals surface area contributed by atoms with Gasteiger partial charge in [-0.3, -0.25) is 19.6 Å². The Kier molecular flexibility index (Phi) is 7.71. The number of benzene rings is 2. The summed E-state index contributed by atoms with van der Waals surface area (Å²) in [6.07, 6.45) is 0. The average molecular weight is 523 g/mol. The highest BCUT2D eigenvalue weighted by molar-refractivity contribution is 7.89. The van der Waals surface area contributed by atoms with Crippen LogP contribution in [0.3, 0.4) is 0 Å². The Balaban J connectivity index is 1.17. The zero-order valence-corrected chi connectivity index (χ0v) is 22.0. The van der Waals surface area contributed by atoms with Gasteiger partial charge in [0.2, 0.25) is 16.0 Å². The Hall–Kier alpha value is -3.05. The van der Waals surface area contributed by atoms with Crippen molar-refractivity contribution in [2.75, 3.05) is 57.3 Å². The molecule has 196 valence electrons. The predicted octanol–water partition coefficient (Wildman–Crippen LogP) is 1.91. The Morgan fingerprint density at radius 3 is 2.08 bits per heavy atom. The maximum absolute atomic E-state index is 13.0. The minimum atomic E-state index is -3.54. The maximum atomic E-state index is 13.0. The summed E-state index contributed by atoms with van der Waals surface area (Å²) < 4.78 is 27.5. The first kappa shape index (κ1) is 25.6. The van der Waals surface area contributed by atoms with E-state index in [4.69, 9.17) is 4.98 Å². The molecule has 1 aromatic heterocycles. The number of anilines is 1. The van der Waals surface area contributed by atoms with Crippen LogP contribution in [-0.4, -0.2) is 84.8 Å². The highest BCUT2D eigenvalue weighted by Gasteiger charge is 2.29. The molecule has 0 unspecified atom stereocenters. The van der Waals surface area contributed by atoms with Crippen LogP contribution in [0.4, 0.5) is 5.95 Å². The smallest absolute Gasteiger partial charge is 0.252 e. The van der Waals surface area contributed by atoms with Gasteiger partial charge in [-0.2, -0.15) is 4.31 Å². The number of piperazine rings is 2. The van der Waals surface area contributed by atoms with Gasteiger partial charge in [-0.05, 0) is 24.6 Å². The Morgan fingerprint density at radius 2 is 1.43 bits per heavy atom. The molecule has 3 heterocycles. The van der Waals surface area contributed by atoms with Gasteiger partial charge in [0.1, 0.15) is 0 Å². The second-order valence-electron chi connectivity index (χ2n) is 9.80. The second-order valence-corrected chi connectivity index (χ2v) is 11.7. The van der Waals surface area contributed by atoms with E-state index < -0.39 is 10.0 Å². The van der Waals surface area contributed by atoms with Crippen LogP contribution in [0.1, 0.15) is 16.8 Å². The molecule has 37 heavy (non-hydrogen) atoms. The molecule has 0 atom stereocenters. The summed E-state index contributed by atoms with van der Waals surface area (Å²) in [4.78, 5) is 27.1. The molecule has 2 aromatic carbocycles. The molecule has 0 saturated carbocycles. The molecule has 2 saturated heterocycles. The zero-order chi connectivity index (χ0) is 25.8. The van der Waals surface area contributed by atoms with Crippen molar-refractivity contribution in [3.63, 3.8) is 0 Å². The van der Waals surface area contributed by atoms with E-state index in [1.807, 2.05) is 30.0 Å². The van der Waals surface area contributed by atoms with E-state index >= 15 is 0 Å². The minimum Gasteiger partial charge on any atom is -0.340 e. The molecule has 2 aliphatic heterocycles. The van der Waals surface area contributed by atoms with Crippen LogP contribution >= 0.6 is 0 Å². The van der Waals surface area contributed by atoms with Crippen LogP contribution in [0.5, 0.6) is 0 Å². The summed E-state index contributed by atoms with van der Waals surface area (Å²) in [5.41, 5.74) is 2.90. The Morgan fingerprint density at radius 1 is 0.811 bits per heavy atom. The molecule has 0 radical (unpaired) electrons. The topological polar surface area (TPSA) is 92.8 Å². The molecule has 2 fully saturated rings. The largest absolute Gasteiger partial charge is 0.340 e. The molecule has 0 spiro atoms. The van der Waals surface area contributed by atoms with Crippen molar-refractivity contribution in [1.82, 2.24) is 24.1 Å². The third-order valence-corrected chi connectivity index (χ3v) is 8.99. The number of nitrogens with one attached hydrogen (secondary N) is 1. The van der Waals surface area contributed by atoms with Gasteiger partial charge in [-0.15, -0.1) is 0 Å². The lowest BCUT2D eigenvalue weighted by molar-refractivity contribution is 0.121. The number of nitrogens with zero attached hydrogens (tertiary/aromatic N) is 5. The van der Waals surface area contributed by atoms with E-state index in [-0.39, 0.29) is 5.56 Å². The summed E-state index contributed by atoms with van der Waals surface area (Å²) in [5, 5.41) is 0. The highest BCUT2D eigenvalue weighted by atomic mass is 32.2. The summed E-state index contributed by atoms with van der Waals surface area (Å²) in [6, 6.07) is 19.0. The molecular formula is C27H34N6O3S. The number of sulfonamides is 1. The first-order chi connectivity index (χ1) is 17.9. The number of hydrogen-bond acceptors (Lipinski definition) is 7. The SMILES string of the molecule is Cc1ccc(S(=O)(=O)N2CCN(c3nc(CN4CCN(Cc5ccccc5)CC4)cc(=O)[nH]3)CC2)cc1. The number of aromatic nitrogens is 2. The van der Waals surface area contributed by atoms with Crippen molar-refractivity contribution in [1.29, 1.82) is 0 Å². The van der Waals surface area contributed by atoms with Crippen LogP contribution in [0.25, 0.3) is 0 Å². The third kappa shape index (κ3) is 6.27. The lowest BCUT2D eigenvalue weighted by Crippen LogP contribution is -2.49. The predicted molar refractivity (Wildman–Crippen MR) is 144 cm³/mol. The molecule has 1 N–H and O–H groups in total. The molecule has 5 rings (SSSR count). The van der Waals surface area contributed by atoms with Crippen molar-refractivity contribution in [2.45, 2.75) is 24.9 Å². The minimum absolute atomic E-state index is 0.183. The van der Waals surface area contributed by atoms with Crippen LogP contribution in [0, 0.1) is 6.92 Å². The lowest BCUT2D eigenvalue weighted by Gasteiger charge is -2.35. The van der Waals surface area contributed by atoms with Gasteiger partial charge < -0.3 is 4.90 Å². The molecule has 0 bridgehead atoms. The van der Waals surface area contributed by atoms with Gasteiger partial charge in [0.25, 0.3) is 5.56 Å².